The Bertz CT molecular complexity index is 796. The summed E-state index contributed by atoms with van der Waals surface area (Å²) in [6, 6.07) is 5.28. The van der Waals surface area contributed by atoms with E-state index in [-0.39, 0.29) is 23.1 Å². The molecule has 128 valence electrons. The van der Waals surface area contributed by atoms with Crippen LogP contribution in [-0.2, 0) is 4.74 Å². The van der Waals surface area contributed by atoms with Gasteiger partial charge in [0.2, 0.25) is 5.56 Å². The van der Waals surface area contributed by atoms with Gasteiger partial charge in [0.25, 0.3) is 5.91 Å². The van der Waals surface area contributed by atoms with E-state index in [1.165, 1.54) is 24.3 Å². The van der Waals surface area contributed by atoms with Crippen LogP contribution < -0.4 is 5.56 Å². The molecule has 1 aliphatic rings. The molecule has 1 fully saturated rings. The molecular weight excluding hydrogens is 311 g/mol. The number of rotatable bonds is 5. The van der Waals surface area contributed by atoms with Crippen LogP contribution >= 0.6 is 0 Å². The van der Waals surface area contributed by atoms with Crippen LogP contribution in [-0.4, -0.2) is 41.6 Å². The Morgan fingerprint density at radius 2 is 2.25 bits per heavy atom. The molecule has 0 radical (unpaired) electrons. The number of aromatic nitrogens is 1. The average Bonchev–Trinajstić information content (AvgIpc) is 3.06. The number of H-pyrrole nitrogens is 1. The van der Waals surface area contributed by atoms with Gasteiger partial charge < -0.3 is 14.6 Å². The van der Waals surface area contributed by atoms with Crippen LogP contribution in [0.25, 0.3) is 10.9 Å². The number of ether oxygens (including phenoxy) is 1. The van der Waals surface area contributed by atoms with Gasteiger partial charge in [0.1, 0.15) is 5.82 Å². The van der Waals surface area contributed by atoms with Crippen molar-refractivity contribution >= 4 is 16.8 Å². The van der Waals surface area contributed by atoms with Gasteiger partial charge in [-0.05, 0) is 37.5 Å². The fourth-order valence-corrected chi connectivity index (χ4v) is 3.15. The summed E-state index contributed by atoms with van der Waals surface area (Å²) < 4.78 is 19.2. The van der Waals surface area contributed by atoms with E-state index in [0.717, 1.165) is 25.9 Å². The predicted octanol–water partition coefficient (Wildman–Crippen LogP) is 2.70. The summed E-state index contributed by atoms with van der Waals surface area (Å²) in [7, 11) is 0. The minimum atomic E-state index is -0.440. The molecule has 2 heterocycles. The second-order valence-corrected chi connectivity index (χ2v) is 6.12. The monoisotopic (exact) mass is 332 g/mol. The van der Waals surface area contributed by atoms with Gasteiger partial charge in [-0.1, -0.05) is 6.92 Å². The number of carbonyl (C=O) groups is 1. The molecular formula is C18H21FN2O3. The molecule has 1 N–H and O–H groups in total. The van der Waals surface area contributed by atoms with Crippen LogP contribution in [0.4, 0.5) is 4.39 Å². The van der Waals surface area contributed by atoms with Gasteiger partial charge in [0.15, 0.2) is 0 Å². The maximum Gasteiger partial charge on any atom is 0.254 e. The summed E-state index contributed by atoms with van der Waals surface area (Å²) in [5.41, 5.74) is 0.325. The second-order valence-electron chi connectivity index (χ2n) is 6.12. The highest BCUT2D eigenvalue weighted by atomic mass is 19.1. The molecule has 1 aromatic carbocycles. The molecule has 2 aromatic rings. The van der Waals surface area contributed by atoms with Crippen LogP contribution in [0.1, 0.15) is 36.5 Å². The topological polar surface area (TPSA) is 62.4 Å². The molecule has 1 aromatic heterocycles. The average molecular weight is 332 g/mol. The zero-order valence-corrected chi connectivity index (χ0v) is 13.7. The van der Waals surface area contributed by atoms with Crippen LogP contribution in [0.2, 0.25) is 0 Å². The number of hydrogen-bond acceptors (Lipinski definition) is 3. The molecule has 0 bridgehead atoms. The highest BCUT2D eigenvalue weighted by Gasteiger charge is 2.24. The van der Waals surface area contributed by atoms with Gasteiger partial charge in [-0.3, -0.25) is 9.59 Å². The summed E-state index contributed by atoms with van der Waals surface area (Å²) in [5, 5.41) is 0.424. The molecule has 0 spiro atoms. The lowest BCUT2D eigenvalue weighted by Gasteiger charge is -2.25. The SMILES string of the molecule is CCCN(C[C@@H]1CCCO1)C(=O)c1cc(=O)[nH]c2ccc(F)cc12. The lowest BCUT2D eigenvalue weighted by atomic mass is 10.1. The molecule has 1 atom stereocenters. The maximum atomic E-state index is 13.6. The lowest BCUT2D eigenvalue weighted by Crippen LogP contribution is -2.38. The van der Waals surface area contributed by atoms with Crippen molar-refractivity contribution in [2.75, 3.05) is 19.7 Å². The fourth-order valence-electron chi connectivity index (χ4n) is 3.15. The highest BCUT2D eigenvalue weighted by Crippen LogP contribution is 2.20. The third-order valence-corrected chi connectivity index (χ3v) is 4.26. The van der Waals surface area contributed by atoms with Crippen molar-refractivity contribution in [2.45, 2.75) is 32.3 Å². The van der Waals surface area contributed by atoms with Gasteiger partial charge in [-0.25, -0.2) is 4.39 Å². The Labute approximate surface area is 139 Å². The van der Waals surface area contributed by atoms with E-state index in [2.05, 4.69) is 4.98 Å². The molecule has 6 heteroatoms. The van der Waals surface area contributed by atoms with Gasteiger partial charge in [-0.2, -0.15) is 0 Å². The lowest BCUT2D eigenvalue weighted by molar-refractivity contribution is 0.0527. The summed E-state index contributed by atoms with van der Waals surface area (Å²) in [6.45, 7) is 3.78. The van der Waals surface area contributed by atoms with Crippen molar-refractivity contribution in [3.05, 3.63) is 46.0 Å². The first-order valence-corrected chi connectivity index (χ1v) is 8.32. The summed E-state index contributed by atoms with van der Waals surface area (Å²) in [6.07, 6.45) is 2.76. The molecule has 1 amide bonds. The molecule has 3 rings (SSSR count). The number of benzene rings is 1. The standard InChI is InChI=1S/C18H21FN2O3/c1-2-7-21(11-13-4-3-8-24-13)18(23)15-10-17(22)20-16-6-5-12(19)9-14(15)16/h5-6,9-10,13H,2-4,7-8,11H2,1H3,(H,20,22)/t13-/m0/s1. The summed E-state index contributed by atoms with van der Waals surface area (Å²) in [5.74, 6) is -0.696. The Hall–Kier alpha value is -2.21. The Kier molecular flexibility index (Phi) is 4.94. The Morgan fingerprint density at radius 1 is 1.42 bits per heavy atom. The second kappa shape index (κ2) is 7.13. The van der Waals surface area contributed by atoms with Crippen LogP contribution in [0, 0.1) is 5.82 Å². The number of aromatic amines is 1. The Balaban J connectivity index is 1.98. The third kappa shape index (κ3) is 3.48. The fraction of sp³-hybridized carbons (Fsp3) is 0.444. The highest BCUT2D eigenvalue weighted by molar-refractivity contribution is 6.06. The third-order valence-electron chi connectivity index (χ3n) is 4.26. The van der Waals surface area contributed by atoms with Crippen molar-refractivity contribution in [1.82, 2.24) is 9.88 Å². The van der Waals surface area contributed by atoms with Gasteiger partial charge >= 0.3 is 0 Å². The van der Waals surface area contributed by atoms with E-state index in [0.29, 0.717) is 24.0 Å². The number of carbonyl (C=O) groups excluding carboxylic acids is 1. The minimum absolute atomic E-state index is 0.0329. The number of halogens is 1. The molecule has 5 nitrogen and oxygen atoms in total. The number of pyridine rings is 1. The van der Waals surface area contributed by atoms with E-state index in [9.17, 15) is 14.0 Å². The van der Waals surface area contributed by atoms with Crippen LogP contribution in [0.5, 0.6) is 0 Å². The molecule has 0 unspecified atom stereocenters. The molecule has 24 heavy (non-hydrogen) atoms. The van der Waals surface area contributed by atoms with Crippen LogP contribution in [0.3, 0.4) is 0 Å². The van der Waals surface area contributed by atoms with Gasteiger partial charge in [-0.15, -0.1) is 0 Å². The minimum Gasteiger partial charge on any atom is -0.376 e. The smallest absolute Gasteiger partial charge is 0.254 e. The summed E-state index contributed by atoms with van der Waals surface area (Å²) in [4.78, 5) is 29.2. The number of amides is 1. The molecule has 0 saturated carbocycles. The van der Waals surface area contributed by atoms with E-state index >= 15 is 0 Å². The normalized spacial score (nSPS) is 17.3. The maximum absolute atomic E-state index is 13.6. The molecule has 1 saturated heterocycles. The molecule has 0 aliphatic carbocycles. The number of hydrogen-bond donors (Lipinski definition) is 1. The van der Waals surface area contributed by atoms with Crippen LogP contribution in [0.15, 0.2) is 29.1 Å². The van der Waals surface area contributed by atoms with E-state index in [1.807, 2.05) is 6.92 Å². The first kappa shape index (κ1) is 16.6. The van der Waals surface area contributed by atoms with Crippen molar-refractivity contribution < 1.29 is 13.9 Å². The quantitative estimate of drug-likeness (QED) is 0.916. The number of fused-ring (bicyclic) bond motifs is 1. The van der Waals surface area contributed by atoms with Crippen molar-refractivity contribution in [3.63, 3.8) is 0 Å². The number of nitrogens with zero attached hydrogens (tertiary/aromatic N) is 1. The van der Waals surface area contributed by atoms with E-state index in [4.69, 9.17) is 4.74 Å². The molecule has 1 aliphatic heterocycles. The summed E-state index contributed by atoms with van der Waals surface area (Å²) >= 11 is 0. The zero-order chi connectivity index (χ0) is 17.1. The first-order valence-electron chi connectivity index (χ1n) is 8.32. The van der Waals surface area contributed by atoms with Crippen molar-refractivity contribution in [1.29, 1.82) is 0 Å². The Morgan fingerprint density at radius 3 is 2.96 bits per heavy atom. The van der Waals surface area contributed by atoms with Gasteiger partial charge in [0.05, 0.1) is 11.7 Å². The number of nitrogens with one attached hydrogen (secondary N) is 1. The van der Waals surface area contributed by atoms with E-state index in [1.54, 1.807) is 4.90 Å². The van der Waals surface area contributed by atoms with Crippen molar-refractivity contribution in [3.8, 4) is 0 Å². The van der Waals surface area contributed by atoms with Gasteiger partial charge in [0, 0.05) is 36.7 Å². The van der Waals surface area contributed by atoms with E-state index < -0.39 is 5.82 Å². The first-order chi connectivity index (χ1) is 11.6. The zero-order valence-electron chi connectivity index (χ0n) is 13.7. The van der Waals surface area contributed by atoms with Crippen molar-refractivity contribution in [2.24, 2.45) is 0 Å². The predicted molar refractivity (Wildman–Crippen MR) is 89.7 cm³/mol. The largest absolute Gasteiger partial charge is 0.376 e.